The summed E-state index contributed by atoms with van der Waals surface area (Å²) >= 11 is 0. The van der Waals surface area contributed by atoms with Crippen LogP contribution in [0.3, 0.4) is 0 Å². The van der Waals surface area contributed by atoms with Crippen LogP contribution in [-0.4, -0.2) is 51.9 Å². The van der Waals surface area contributed by atoms with Crippen molar-refractivity contribution in [3.8, 4) is 0 Å². The summed E-state index contributed by atoms with van der Waals surface area (Å²) < 4.78 is 34.4. The number of hydrogen-bond donors (Lipinski definition) is 3. The van der Waals surface area contributed by atoms with Crippen LogP contribution >= 0.6 is 0 Å². The van der Waals surface area contributed by atoms with Crippen molar-refractivity contribution in [3.63, 3.8) is 0 Å². The molecule has 0 aromatic rings. The van der Waals surface area contributed by atoms with Crippen molar-refractivity contribution in [1.82, 2.24) is 0 Å². The van der Waals surface area contributed by atoms with Crippen molar-refractivity contribution in [2.45, 2.75) is 95.4 Å². The number of rotatable bonds is 11. The second-order valence-electron chi connectivity index (χ2n) is 7.80. The first-order chi connectivity index (χ1) is 12.8. The second kappa shape index (κ2) is 12.5. The van der Waals surface area contributed by atoms with Crippen LogP contribution in [0.5, 0.6) is 0 Å². The number of alkyl halides is 2. The number of carboxylic acid groups (broad SMARTS) is 1. The fourth-order valence-electron chi connectivity index (χ4n) is 4.24. The Hall–Kier alpha value is -0.210. The van der Waals surface area contributed by atoms with E-state index in [1.54, 1.807) is 6.08 Å². The Morgan fingerprint density at radius 1 is 1.39 bits per heavy atom. The third-order valence-corrected chi connectivity index (χ3v) is 5.78. The van der Waals surface area contributed by atoms with E-state index in [1.165, 1.54) is 0 Å². The molecule has 8 heteroatoms. The average molecular weight is 414 g/mol. The number of unbranched alkanes of at least 4 members (excludes halogenated alkanes) is 2. The van der Waals surface area contributed by atoms with Crippen LogP contribution in [0, 0.1) is 11.8 Å². The molecule has 1 saturated heterocycles. The van der Waals surface area contributed by atoms with Crippen molar-refractivity contribution < 1.29 is 64.6 Å². The predicted octanol–water partition coefficient (Wildman–Crippen LogP) is 0.645. The molecule has 2 fully saturated rings. The first kappa shape index (κ1) is 25.8. The molecule has 0 radical (unpaired) electrons. The maximum atomic E-state index is 14.8. The number of aliphatic hydroxyl groups is 2. The van der Waals surface area contributed by atoms with Crippen LogP contribution in [0.25, 0.3) is 0 Å². The molecule has 0 spiro atoms. The van der Waals surface area contributed by atoms with Crippen molar-refractivity contribution in [3.05, 3.63) is 11.8 Å². The van der Waals surface area contributed by atoms with Gasteiger partial charge in [0.05, 0.1) is 12.2 Å². The van der Waals surface area contributed by atoms with Gasteiger partial charge in [0.15, 0.2) is 6.17 Å². The van der Waals surface area contributed by atoms with Crippen molar-refractivity contribution >= 4 is 5.97 Å². The van der Waals surface area contributed by atoms with Gasteiger partial charge in [-0.15, -0.1) is 0 Å². The minimum Gasteiger partial charge on any atom is -1.00 e. The Morgan fingerprint density at radius 2 is 2.11 bits per heavy atom. The third kappa shape index (κ3) is 6.94. The summed E-state index contributed by atoms with van der Waals surface area (Å²) in [6.45, 7) is 1.96. The number of halogens is 2. The predicted molar refractivity (Wildman–Crippen MR) is 97.7 cm³/mol. The molecular weight excluding hydrogens is 381 g/mol. The average Bonchev–Trinajstić information content (AvgIpc) is 3.09. The molecule has 0 aromatic carbocycles. The number of aliphatic carboxylic acids is 1. The first-order valence-electron chi connectivity index (χ1n) is 10.1. The van der Waals surface area contributed by atoms with Crippen molar-refractivity contribution in [2.75, 3.05) is 0 Å². The van der Waals surface area contributed by atoms with Gasteiger partial charge in [0.1, 0.15) is 18.0 Å². The quantitative estimate of drug-likeness (QED) is 0.341. The van der Waals surface area contributed by atoms with E-state index in [4.69, 9.17) is 9.84 Å². The topological polar surface area (TPSA) is 87.0 Å². The van der Waals surface area contributed by atoms with E-state index in [2.05, 4.69) is 0 Å². The van der Waals surface area contributed by atoms with E-state index in [9.17, 15) is 23.8 Å². The van der Waals surface area contributed by atoms with Gasteiger partial charge < -0.3 is 21.5 Å². The number of hydrogen-bond acceptors (Lipinski definition) is 4. The Bertz CT molecular complexity index is 525. The first-order valence-corrected chi connectivity index (χ1v) is 10.1. The molecule has 1 heterocycles. The molecule has 2 aliphatic rings. The normalized spacial score (nSPS) is 32.5. The number of allylic oxidation sites excluding steroid dienone is 2. The number of carboxylic acids is 1. The molecule has 2 rings (SSSR count). The number of fused-ring (bicyclic) bond motifs is 1. The summed E-state index contributed by atoms with van der Waals surface area (Å²) in [7, 11) is 0. The molecule has 0 amide bonds. The van der Waals surface area contributed by atoms with E-state index >= 15 is 0 Å². The summed E-state index contributed by atoms with van der Waals surface area (Å²) in [5, 5.41) is 28.9. The van der Waals surface area contributed by atoms with Crippen LogP contribution in [0.2, 0.25) is 0 Å². The van der Waals surface area contributed by atoms with Gasteiger partial charge in [-0.05, 0) is 44.1 Å². The summed E-state index contributed by atoms with van der Waals surface area (Å²) in [5.74, 6) is -1.53. The molecule has 3 N–H and O–H groups in total. The molecule has 1 aliphatic carbocycles. The van der Waals surface area contributed by atoms with Gasteiger partial charge in [-0.2, -0.15) is 0 Å². The molecule has 0 unspecified atom stereocenters. The Labute approximate surface area is 189 Å². The summed E-state index contributed by atoms with van der Waals surface area (Å²) in [6.07, 6.45) is 0.381. The van der Waals surface area contributed by atoms with Crippen LogP contribution in [0.15, 0.2) is 11.8 Å². The maximum absolute atomic E-state index is 14.8. The zero-order valence-electron chi connectivity index (χ0n) is 17.9. The Balaban J connectivity index is 0.00000392. The van der Waals surface area contributed by atoms with Gasteiger partial charge in [-0.3, -0.25) is 4.79 Å². The standard InChI is InChI=1S/C20H32F2O5.Na.H/c1-2-3-6-13(21)14(23)10-9-12-15(24)11-17-19(12)20(22)16(27-17)7-4-5-8-18(25)26;;/h7,12-15,17,19-20,23-24H,2-6,8-11H2,1H3,(H,25,26);;/q;+1;-1/b16-7-;;/t12-,13-,14+,15+,17-,19+,20-;;/m0../s1. The molecule has 1 aliphatic heterocycles. The maximum Gasteiger partial charge on any atom is 1.00 e. The molecule has 158 valence electrons. The molecule has 7 atom stereocenters. The SMILES string of the molecule is CCCC[C@H](F)[C@H](O)CC[C@@H]1[C@@H]2[C@H](C[C@H]1O)O/C(=C\CCCC(=O)O)[C@@H]2F.[H-].[Na+]. The van der Waals surface area contributed by atoms with Gasteiger partial charge in [0, 0.05) is 18.8 Å². The van der Waals surface area contributed by atoms with Crippen LogP contribution in [-0.2, 0) is 9.53 Å². The molecule has 1 saturated carbocycles. The van der Waals surface area contributed by atoms with E-state index in [1.807, 2.05) is 6.92 Å². The Morgan fingerprint density at radius 3 is 2.75 bits per heavy atom. The van der Waals surface area contributed by atoms with Gasteiger partial charge in [0.2, 0.25) is 0 Å². The van der Waals surface area contributed by atoms with Gasteiger partial charge in [0.25, 0.3) is 0 Å². The zero-order chi connectivity index (χ0) is 20.0. The van der Waals surface area contributed by atoms with E-state index in [0.29, 0.717) is 38.5 Å². The minimum atomic E-state index is -1.35. The minimum absolute atomic E-state index is 0. The number of aliphatic hydroxyl groups excluding tert-OH is 2. The summed E-state index contributed by atoms with van der Waals surface area (Å²) in [4.78, 5) is 10.5. The third-order valence-electron chi connectivity index (χ3n) is 5.78. The summed E-state index contributed by atoms with van der Waals surface area (Å²) in [5.41, 5.74) is 0. The number of carbonyl (C=O) groups is 1. The van der Waals surface area contributed by atoms with E-state index < -0.39 is 42.5 Å². The van der Waals surface area contributed by atoms with Gasteiger partial charge >= 0.3 is 35.5 Å². The molecular formula is C20H33F2NaO5. The fourth-order valence-corrected chi connectivity index (χ4v) is 4.24. The largest absolute Gasteiger partial charge is 1.00 e. The van der Waals surface area contributed by atoms with E-state index in [0.717, 1.165) is 6.42 Å². The molecule has 28 heavy (non-hydrogen) atoms. The smallest absolute Gasteiger partial charge is 1.00 e. The van der Waals surface area contributed by atoms with Crippen LogP contribution in [0.4, 0.5) is 8.78 Å². The fraction of sp³-hybridized carbons (Fsp3) is 0.850. The van der Waals surface area contributed by atoms with Crippen LogP contribution < -0.4 is 29.6 Å². The number of ether oxygens (including phenoxy) is 1. The van der Waals surface area contributed by atoms with Crippen LogP contribution in [0.1, 0.15) is 66.1 Å². The van der Waals surface area contributed by atoms with Crippen molar-refractivity contribution in [1.29, 1.82) is 0 Å². The zero-order valence-corrected chi connectivity index (χ0v) is 18.9. The van der Waals surface area contributed by atoms with E-state index in [-0.39, 0.29) is 55.5 Å². The summed E-state index contributed by atoms with van der Waals surface area (Å²) in [6, 6.07) is 0. The van der Waals surface area contributed by atoms with Gasteiger partial charge in [-0.25, -0.2) is 8.78 Å². The van der Waals surface area contributed by atoms with Crippen molar-refractivity contribution in [2.24, 2.45) is 11.8 Å². The van der Waals surface area contributed by atoms with Gasteiger partial charge in [-0.1, -0.05) is 19.8 Å². The molecule has 0 bridgehead atoms. The molecule has 0 aromatic heterocycles. The second-order valence-corrected chi connectivity index (χ2v) is 7.80. The monoisotopic (exact) mass is 414 g/mol. The Kier molecular flexibility index (Phi) is 11.5. The molecule has 5 nitrogen and oxygen atoms in total.